The van der Waals surface area contributed by atoms with Crippen LogP contribution < -0.4 is 19.2 Å². The van der Waals surface area contributed by atoms with Gasteiger partial charge in [0.05, 0.1) is 32.4 Å². The summed E-state index contributed by atoms with van der Waals surface area (Å²) in [4.78, 5) is 13.1. The summed E-state index contributed by atoms with van der Waals surface area (Å²) in [6.45, 7) is 1.51. The minimum absolute atomic E-state index is 0.281. The second-order valence-electron chi connectivity index (χ2n) is 5.57. The van der Waals surface area contributed by atoms with E-state index in [1.165, 1.54) is 43.9 Å². The number of benzene rings is 1. The molecule has 0 spiro atoms. The number of amides is 1. The van der Waals surface area contributed by atoms with Crippen molar-refractivity contribution >= 4 is 39.2 Å². The second kappa shape index (κ2) is 8.87. The van der Waals surface area contributed by atoms with Gasteiger partial charge in [0.15, 0.2) is 11.5 Å². The van der Waals surface area contributed by atoms with Gasteiger partial charge in [0.2, 0.25) is 10.0 Å². The fourth-order valence-electron chi connectivity index (χ4n) is 2.23. The molecule has 0 unspecified atom stereocenters. The fraction of sp³-hybridized carbons (Fsp3) is 0.294. The molecular weight excluding hydrogens is 390 g/mol. The summed E-state index contributed by atoms with van der Waals surface area (Å²) < 4.78 is 35.6. The first-order chi connectivity index (χ1) is 12.8. The van der Waals surface area contributed by atoms with E-state index in [1.54, 1.807) is 6.07 Å². The minimum atomic E-state index is -3.71. The molecule has 1 heterocycles. The first-order valence-electron chi connectivity index (χ1n) is 7.82. The zero-order valence-electron chi connectivity index (χ0n) is 15.4. The van der Waals surface area contributed by atoms with E-state index in [9.17, 15) is 13.2 Å². The van der Waals surface area contributed by atoms with Gasteiger partial charge in [-0.15, -0.1) is 11.3 Å². The number of anilines is 1. The maximum Gasteiger partial charge on any atom is 0.260 e. The van der Waals surface area contributed by atoms with Crippen molar-refractivity contribution in [3.05, 3.63) is 40.1 Å². The topological polar surface area (TPSA) is 97.3 Å². The van der Waals surface area contributed by atoms with E-state index in [1.807, 2.05) is 18.4 Å². The maximum absolute atomic E-state index is 12.2. The highest BCUT2D eigenvalue weighted by Crippen LogP contribution is 2.32. The largest absolute Gasteiger partial charge is 0.493 e. The average Bonchev–Trinajstić information content (AvgIpc) is 3.03. The van der Waals surface area contributed by atoms with E-state index in [-0.39, 0.29) is 5.69 Å². The van der Waals surface area contributed by atoms with Crippen LogP contribution >= 0.6 is 11.3 Å². The summed E-state index contributed by atoms with van der Waals surface area (Å²) in [6, 6.07) is 6.54. The number of rotatable bonds is 8. The third kappa shape index (κ3) is 5.44. The van der Waals surface area contributed by atoms with Gasteiger partial charge in [-0.1, -0.05) is 0 Å². The van der Waals surface area contributed by atoms with E-state index in [0.29, 0.717) is 11.5 Å². The predicted octanol–water partition coefficient (Wildman–Crippen LogP) is 1.99. The molecule has 1 aromatic heterocycles. The molecule has 0 aliphatic carbocycles. The predicted molar refractivity (Wildman–Crippen MR) is 107 cm³/mol. The van der Waals surface area contributed by atoms with E-state index in [4.69, 9.17) is 9.47 Å². The number of carbonyl (C=O) groups excluding carboxylic acids is 1. The second-order valence-corrected chi connectivity index (χ2v) is 8.42. The zero-order valence-corrected chi connectivity index (χ0v) is 17.1. The molecular formula is C17H21N3O5S2. The van der Waals surface area contributed by atoms with Gasteiger partial charge >= 0.3 is 0 Å². The molecule has 2 aromatic rings. The summed E-state index contributed by atoms with van der Waals surface area (Å²) in [5.41, 5.74) is 3.67. The number of hydrogen-bond acceptors (Lipinski definition) is 7. The minimum Gasteiger partial charge on any atom is -0.493 e. The molecule has 0 saturated carbocycles. The number of aryl methyl sites for hydroxylation is 1. The van der Waals surface area contributed by atoms with Crippen molar-refractivity contribution in [2.45, 2.75) is 6.92 Å². The highest BCUT2D eigenvalue weighted by atomic mass is 32.2. The van der Waals surface area contributed by atoms with Crippen LogP contribution in [-0.2, 0) is 14.8 Å². The number of hydrogen-bond donors (Lipinski definition) is 1. The van der Waals surface area contributed by atoms with Gasteiger partial charge in [-0.25, -0.2) is 13.8 Å². The molecule has 0 radical (unpaired) electrons. The normalized spacial score (nSPS) is 11.4. The molecule has 8 nitrogen and oxygen atoms in total. The van der Waals surface area contributed by atoms with Gasteiger partial charge in [-0.2, -0.15) is 5.10 Å². The molecule has 10 heteroatoms. The Morgan fingerprint density at radius 1 is 1.26 bits per heavy atom. The standard InChI is InChI=1S/C17H21N3O5S2/c1-12-7-8-26-16(12)10-18-19-17(21)11-20(27(4,22)23)13-5-6-14(24-2)15(9-13)25-3/h5-10H,11H2,1-4H3,(H,19,21)/b18-10-. The van der Waals surface area contributed by atoms with Gasteiger partial charge in [-0.3, -0.25) is 9.10 Å². The van der Waals surface area contributed by atoms with Crippen LogP contribution in [0.2, 0.25) is 0 Å². The number of carbonyl (C=O) groups is 1. The summed E-state index contributed by atoms with van der Waals surface area (Å²) in [6.07, 6.45) is 2.55. The van der Waals surface area contributed by atoms with Crippen LogP contribution in [0.15, 0.2) is 34.7 Å². The van der Waals surface area contributed by atoms with Crippen molar-refractivity contribution in [3.63, 3.8) is 0 Å². The lowest BCUT2D eigenvalue weighted by Crippen LogP contribution is -2.39. The number of methoxy groups -OCH3 is 2. The van der Waals surface area contributed by atoms with Crippen molar-refractivity contribution in [3.8, 4) is 11.5 Å². The van der Waals surface area contributed by atoms with Crippen molar-refractivity contribution in [2.24, 2.45) is 5.10 Å². The van der Waals surface area contributed by atoms with Crippen LogP contribution in [0.3, 0.4) is 0 Å². The summed E-state index contributed by atoms with van der Waals surface area (Å²) >= 11 is 1.49. The van der Waals surface area contributed by atoms with Crippen molar-refractivity contribution in [1.82, 2.24) is 5.43 Å². The van der Waals surface area contributed by atoms with Crippen molar-refractivity contribution in [2.75, 3.05) is 31.3 Å². The smallest absolute Gasteiger partial charge is 0.260 e. The zero-order chi connectivity index (χ0) is 20.0. The Hall–Kier alpha value is -2.59. The lowest BCUT2D eigenvalue weighted by Gasteiger charge is -2.22. The molecule has 2 rings (SSSR count). The van der Waals surface area contributed by atoms with Gasteiger partial charge in [-0.05, 0) is 36.1 Å². The molecule has 1 amide bonds. The van der Waals surface area contributed by atoms with Gasteiger partial charge < -0.3 is 9.47 Å². The first kappa shape index (κ1) is 20.7. The van der Waals surface area contributed by atoms with E-state index in [0.717, 1.165) is 21.0 Å². The van der Waals surface area contributed by atoms with Crippen LogP contribution in [0.4, 0.5) is 5.69 Å². The number of hydrazone groups is 1. The monoisotopic (exact) mass is 411 g/mol. The molecule has 1 N–H and O–H groups in total. The lowest BCUT2D eigenvalue weighted by atomic mass is 10.2. The molecule has 27 heavy (non-hydrogen) atoms. The Morgan fingerprint density at radius 3 is 2.52 bits per heavy atom. The number of nitrogens with zero attached hydrogens (tertiary/aromatic N) is 2. The molecule has 0 bridgehead atoms. The highest BCUT2D eigenvalue weighted by molar-refractivity contribution is 7.92. The Bertz CT molecular complexity index is 938. The SMILES string of the molecule is COc1ccc(N(CC(=O)N/N=C\c2sccc2C)S(C)(=O)=O)cc1OC. The van der Waals surface area contributed by atoms with Crippen molar-refractivity contribution < 1.29 is 22.7 Å². The Kier molecular flexibility index (Phi) is 6.81. The lowest BCUT2D eigenvalue weighted by molar-refractivity contribution is -0.119. The summed E-state index contributed by atoms with van der Waals surface area (Å²) in [5.74, 6) is 0.242. The number of thiophene rings is 1. The third-order valence-electron chi connectivity index (χ3n) is 3.62. The molecule has 0 fully saturated rings. The molecule has 0 aliphatic rings. The molecule has 1 aromatic carbocycles. The molecule has 0 atom stereocenters. The van der Waals surface area contributed by atoms with Crippen LogP contribution in [0.1, 0.15) is 10.4 Å². The average molecular weight is 412 g/mol. The maximum atomic E-state index is 12.2. The van der Waals surface area contributed by atoms with E-state index >= 15 is 0 Å². The van der Waals surface area contributed by atoms with Crippen LogP contribution in [0.25, 0.3) is 0 Å². The van der Waals surface area contributed by atoms with Crippen LogP contribution in [0, 0.1) is 6.92 Å². The summed E-state index contributed by atoms with van der Waals surface area (Å²) in [5, 5.41) is 5.80. The quantitative estimate of drug-likeness (QED) is 0.529. The summed E-state index contributed by atoms with van der Waals surface area (Å²) in [7, 11) is -0.783. The first-order valence-corrected chi connectivity index (χ1v) is 10.5. The van der Waals surface area contributed by atoms with Crippen molar-refractivity contribution in [1.29, 1.82) is 0 Å². The Morgan fingerprint density at radius 2 is 1.96 bits per heavy atom. The molecule has 0 saturated heterocycles. The van der Waals surface area contributed by atoms with Crippen LogP contribution in [0.5, 0.6) is 11.5 Å². The van der Waals surface area contributed by atoms with E-state index < -0.39 is 22.5 Å². The van der Waals surface area contributed by atoms with Gasteiger partial charge in [0, 0.05) is 10.9 Å². The number of ether oxygens (including phenoxy) is 2. The Balaban J connectivity index is 2.16. The number of nitrogens with one attached hydrogen (secondary N) is 1. The molecule has 146 valence electrons. The van der Waals surface area contributed by atoms with Gasteiger partial charge in [0.25, 0.3) is 5.91 Å². The van der Waals surface area contributed by atoms with Gasteiger partial charge in [0.1, 0.15) is 6.54 Å². The third-order valence-corrected chi connectivity index (χ3v) is 5.71. The highest BCUT2D eigenvalue weighted by Gasteiger charge is 2.22. The Labute approximate surface area is 162 Å². The fourth-order valence-corrected chi connectivity index (χ4v) is 3.86. The molecule has 0 aliphatic heterocycles. The number of sulfonamides is 1. The van der Waals surface area contributed by atoms with Crippen LogP contribution in [-0.4, -0.2) is 47.6 Å². The van der Waals surface area contributed by atoms with E-state index in [2.05, 4.69) is 10.5 Å².